The highest BCUT2D eigenvalue weighted by Crippen LogP contribution is 2.35. The highest BCUT2D eigenvalue weighted by atomic mass is 35.5. The number of halogens is 1. The second-order valence-corrected chi connectivity index (χ2v) is 4.32. The van der Waals surface area contributed by atoms with Crippen LogP contribution in [0.1, 0.15) is 17.2 Å². The van der Waals surface area contributed by atoms with Crippen LogP contribution in [0.3, 0.4) is 0 Å². The molecule has 0 saturated carbocycles. The molecule has 0 fully saturated rings. The van der Waals surface area contributed by atoms with Crippen molar-refractivity contribution in [2.45, 2.75) is 6.04 Å². The maximum atomic E-state index is 6.05. The third-order valence-electron chi connectivity index (χ3n) is 3.00. The van der Waals surface area contributed by atoms with Gasteiger partial charge >= 0.3 is 0 Å². The first kappa shape index (κ1) is 13.8. The summed E-state index contributed by atoms with van der Waals surface area (Å²) in [5, 5.41) is 3.58. The van der Waals surface area contributed by atoms with Crippen LogP contribution in [0, 0.1) is 0 Å². The van der Waals surface area contributed by atoms with E-state index in [9.17, 15) is 0 Å². The van der Waals surface area contributed by atoms with Crippen molar-refractivity contribution >= 4 is 11.6 Å². The van der Waals surface area contributed by atoms with Crippen molar-refractivity contribution in [3.8, 4) is 11.5 Å². The summed E-state index contributed by atoms with van der Waals surface area (Å²) < 4.78 is 15.8. The number of rotatable bonds is 5. The lowest BCUT2D eigenvalue weighted by atomic mass is 10.00. The van der Waals surface area contributed by atoms with Gasteiger partial charge in [0.1, 0.15) is 11.5 Å². The predicted octanol–water partition coefficient (Wildman–Crippen LogP) is 3.26. The van der Waals surface area contributed by atoms with Gasteiger partial charge in [0, 0.05) is 17.2 Å². The van der Waals surface area contributed by atoms with Crippen molar-refractivity contribution < 1.29 is 13.9 Å². The third-order valence-corrected chi connectivity index (χ3v) is 3.30. The second kappa shape index (κ2) is 5.99. The first-order chi connectivity index (χ1) is 9.21. The Kier molecular flexibility index (Phi) is 4.35. The van der Waals surface area contributed by atoms with Crippen LogP contribution in [-0.4, -0.2) is 21.3 Å². The number of hydrogen-bond donors (Lipinski definition) is 1. The van der Waals surface area contributed by atoms with Gasteiger partial charge in [-0.05, 0) is 36.8 Å². The highest BCUT2D eigenvalue weighted by Gasteiger charge is 2.21. The molecular weight excluding hydrogens is 266 g/mol. The zero-order chi connectivity index (χ0) is 13.8. The van der Waals surface area contributed by atoms with Crippen molar-refractivity contribution in [2.24, 2.45) is 0 Å². The number of furan rings is 1. The molecule has 1 aromatic carbocycles. The minimum absolute atomic E-state index is 0.105. The van der Waals surface area contributed by atoms with Gasteiger partial charge < -0.3 is 19.2 Å². The lowest BCUT2D eigenvalue weighted by Gasteiger charge is -2.19. The predicted molar refractivity (Wildman–Crippen MR) is 74.2 cm³/mol. The van der Waals surface area contributed by atoms with Gasteiger partial charge in [0.25, 0.3) is 0 Å². The Morgan fingerprint density at radius 1 is 1.16 bits per heavy atom. The molecule has 0 spiro atoms. The van der Waals surface area contributed by atoms with Crippen molar-refractivity contribution in [1.29, 1.82) is 0 Å². The molecule has 0 aliphatic heterocycles. The molecule has 0 amide bonds. The molecule has 1 heterocycles. The molecule has 0 saturated heterocycles. The van der Waals surface area contributed by atoms with Crippen molar-refractivity contribution in [3.05, 3.63) is 46.9 Å². The van der Waals surface area contributed by atoms with Gasteiger partial charge in [0.05, 0.1) is 26.5 Å². The fourth-order valence-corrected chi connectivity index (χ4v) is 2.27. The Morgan fingerprint density at radius 2 is 1.95 bits per heavy atom. The average Bonchev–Trinajstić information content (AvgIpc) is 2.86. The summed E-state index contributed by atoms with van der Waals surface area (Å²) in [6, 6.07) is 7.41. The van der Waals surface area contributed by atoms with E-state index in [2.05, 4.69) is 5.32 Å². The number of nitrogens with one attached hydrogen (secondary N) is 1. The summed E-state index contributed by atoms with van der Waals surface area (Å²) >= 11 is 6.05. The van der Waals surface area contributed by atoms with Gasteiger partial charge in [-0.25, -0.2) is 0 Å². The van der Waals surface area contributed by atoms with Crippen LogP contribution in [0.4, 0.5) is 0 Å². The quantitative estimate of drug-likeness (QED) is 0.914. The van der Waals surface area contributed by atoms with E-state index in [-0.39, 0.29) is 6.04 Å². The van der Waals surface area contributed by atoms with Gasteiger partial charge in [0.15, 0.2) is 5.22 Å². The zero-order valence-electron chi connectivity index (χ0n) is 11.1. The lowest BCUT2D eigenvalue weighted by Crippen LogP contribution is -2.18. The molecule has 2 aromatic rings. The minimum Gasteiger partial charge on any atom is -0.497 e. The molecular formula is C14H16ClNO3. The van der Waals surface area contributed by atoms with Gasteiger partial charge in [-0.3, -0.25) is 0 Å². The van der Waals surface area contributed by atoms with Crippen molar-refractivity contribution in [2.75, 3.05) is 21.3 Å². The van der Waals surface area contributed by atoms with E-state index in [0.29, 0.717) is 5.22 Å². The Bertz CT molecular complexity index is 553. The van der Waals surface area contributed by atoms with Crippen LogP contribution in [-0.2, 0) is 0 Å². The standard InChI is InChI=1S/C14H16ClNO3/c1-16-13(11-6-7-19-14(11)15)10-5-4-9(17-2)8-12(10)18-3/h4-8,13,16H,1-3H3. The van der Waals surface area contributed by atoms with Gasteiger partial charge in [-0.2, -0.15) is 0 Å². The van der Waals surface area contributed by atoms with Crippen LogP contribution >= 0.6 is 11.6 Å². The summed E-state index contributed by atoms with van der Waals surface area (Å²) in [7, 11) is 5.11. The molecule has 2 rings (SSSR count). The van der Waals surface area contributed by atoms with Crippen molar-refractivity contribution in [3.63, 3.8) is 0 Å². The maximum Gasteiger partial charge on any atom is 0.198 e. The van der Waals surface area contributed by atoms with E-state index in [1.54, 1.807) is 20.5 Å². The molecule has 0 aliphatic rings. The average molecular weight is 282 g/mol. The summed E-state index contributed by atoms with van der Waals surface area (Å²) in [6.45, 7) is 0. The minimum atomic E-state index is -0.105. The topological polar surface area (TPSA) is 43.6 Å². The molecule has 1 atom stereocenters. The summed E-state index contributed by atoms with van der Waals surface area (Å²) in [5.41, 5.74) is 1.83. The van der Waals surface area contributed by atoms with Crippen LogP contribution in [0.2, 0.25) is 5.22 Å². The van der Waals surface area contributed by atoms with E-state index in [0.717, 1.165) is 22.6 Å². The van der Waals surface area contributed by atoms with Crippen LogP contribution in [0.25, 0.3) is 0 Å². The molecule has 1 N–H and O–H groups in total. The normalized spacial score (nSPS) is 12.2. The zero-order valence-corrected chi connectivity index (χ0v) is 11.8. The van der Waals surface area contributed by atoms with Gasteiger partial charge in [0.2, 0.25) is 0 Å². The molecule has 0 radical (unpaired) electrons. The first-order valence-electron chi connectivity index (χ1n) is 5.83. The molecule has 0 aliphatic carbocycles. The monoisotopic (exact) mass is 281 g/mol. The number of methoxy groups -OCH3 is 2. The van der Waals surface area contributed by atoms with Gasteiger partial charge in [-0.1, -0.05) is 0 Å². The summed E-state index contributed by atoms with van der Waals surface area (Å²) in [5.74, 6) is 1.48. The van der Waals surface area contributed by atoms with E-state index in [1.807, 2.05) is 31.3 Å². The van der Waals surface area contributed by atoms with Crippen LogP contribution in [0.5, 0.6) is 11.5 Å². The van der Waals surface area contributed by atoms with E-state index >= 15 is 0 Å². The molecule has 0 bridgehead atoms. The molecule has 4 nitrogen and oxygen atoms in total. The molecule has 19 heavy (non-hydrogen) atoms. The number of benzene rings is 1. The fraction of sp³-hybridized carbons (Fsp3) is 0.286. The Morgan fingerprint density at radius 3 is 2.47 bits per heavy atom. The number of ether oxygens (including phenoxy) is 2. The largest absolute Gasteiger partial charge is 0.497 e. The van der Waals surface area contributed by atoms with E-state index < -0.39 is 0 Å². The van der Waals surface area contributed by atoms with Crippen LogP contribution in [0.15, 0.2) is 34.9 Å². The third kappa shape index (κ3) is 2.69. The smallest absolute Gasteiger partial charge is 0.198 e. The molecule has 5 heteroatoms. The molecule has 1 unspecified atom stereocenters. The first-order valence-corrected chi connectivity index (χ1v) is 6.21. The van der Waals surface area contributed by atoms with E-state index in [1.165, 1.54) is 0 Å². The summed E-state index contributed by atoms with van der Waals surface area (Å²) in [6.07, 6.45) is 1.57. The summed E-state index contributed by atoms with van der Waals surface area (Å²) in [4.78, 5) is 0. The Labute approximate surface area is 117 Å². The van der Waals surface area contributed by atoms with Crippen molar-refractivity contribution in [1.82, 2.24) is 5.32 Å². The fourth-order valence-electron chi connectivity index (χ4n) is 2.05. The Balaban J connectivity index is 2.46. The van der Waals surface area contributed by atoms with Crippen LogP contribution < -0.4 is 14.8 Å². The molecule has 1 aromatic heterocycles. The lowest BCUT2D eigenvalue weighted by molar-refractivity contribution is 0.388. The number of hydrogen-bond acceptors (Lipinski definition) is 4. The highest BCUT2D eigenvalue weighted by molar-refractivity contribution is 6.29. The van der Waals surface area contributed by atoms with E-state index in [4.69, 9.17) is 25.5 Å². The SMILES string of the molecule is CNC(c1ccc(OC)cc1OC)c1ccoc1Cl. The second-order valence-electron chi connectivity index (χ2n) is 3.98. The van der Waals surface area contributed by atoms with Gasteiger partial charge in [-0.15, -0.1) is 0 Å². The Hall–Kier alpha value is -1.65. The maximum absolute atomic E-state index is 6.05. The molecule has 102 valence electrons.